The van der Waals surface area contributed by atoms with Crippen molar-refractivity contribution in [3.63, 3.8) is 0 Å². The number of aliphatic hydroxyl groups is 1. The minimum Gasteiger partial charge on any atom is -0.464 e. The third kappa shape index (κ3) is 3.06. The van der Waals surface area contributed by atoms with Crippen LogP contribution in [0.4, 0.5) is 5.82 Å². The molecule has 0 aliphatic carbocycles. The molecule has 0 saturated heterocycles. The van der Waals surface area contributed by atoms with E-state index >= 15 is 0 Å². The molecular weight excluding hydrogens is 214 g/mol. The van der Waals surface area contributed by atoms with Crippen LogP contribution in [-0.2, 0) is 16.1 Å². The molecule has 0 radical (unpaired) electrons. The van der Waals surface area contributed by atoms with Gasteiger partial charge in [-0.2, -0.15) is 4.98 Å². The van der Waals surface area contributed by atoms with Crippen molar-refractivity contribution < 1.29 is 14.6 Å². The number of nitrogens with zero attached hydrogens (tertiary/aromatic N) is 2. The summed E-state index contributed by atoms with van der Waals surface area (Å²) >= 11 is 0. The molecule has 0 amide bonds. The predicted molar refractivity (Wildman–Crippen MR) is 55.5 cm³/mol. The van der Waals surface area contributed by atoms with E-state index in [-0.39, 0.29) is 19.0 Å². The highest BCUT2D eigenvalue weighted by Gasteiger charge is 2.17. The number of aliphatic hydroxyl groups excluding tert-OH is 1. The van der Waals surface area contributed by atoms with Crippen molar-refractivity contribution in [1.82, 2.24) is 9.55 Å². The lowest BCUT2D eigenvalue weighted by Gasteiger charge is -2.10. The highest BCUT2D eigenvalue weighted by Crippen LogP contribution is 1.95. The molecule has 1 heterocycles. The summed E-state index contributed by atoms with van der Waals surface area (Å²) in [5.74, 6) is -0.682. The fraction of sp³-hybridized carbons (Fsp3) is 0.444. The number of ether oxygens (including phenoxy) is 1. The molecule has 1 rings (SSSR count). The maximum absolute atomic E-state index is 11.3. The molecule has 88 valence electrons. The summed E-state index contributed by atoms with van der Waals surface area (Å²) in [7, 11) is 0. The Morgan fingerprint density at radius 3 is 3.00 bits per heavy atom. The Morgan fingerprint density at radius 1 is 1.75 bits per heavy atom. The summed E-state index contributed by atoms with van der Waals surface area (Å²) < 4.78 is 5.67. The van der Waals surface area contributed by atoms with Crippen LogP contribution in [0.5, 0.6) is 0 Å². The smallest absolute Gasteiger partial charge is 0.349 e. The van der Waals surface area contributed by atoms with E-state index < -0.39 is 17.8 Å². The topological polar surface area (TPSA) is 107 Å². The summed E-state index contributed by atoms with van der Waals surface area (Å²) in [5.41, 5.74) is 4.67. The summed E-state index contributed by atoms with van der Waals surface area (Å²) in [5, 5.41) is 9.40. The van der Waals surface area contributed by atoms with Gasteiger partial charge >= 0.3 is 11.7 Å². The van der Waals surface area contributed by atoms with Crippen LogP contribution < -0.4 is 11.4 Å². The first-order valence-corrected chi connectivity index (χ1v) is 4.72. The second-order valence-corrected chi connectivity index (χ2v) is 3.06. The highest BCUT2D eigenvalue weighted by molar-refractivity contribution is 5.74. The first kappa shape index (κ1) is 12.2. The van der Waals surface area contributed by atoms with Crippen molar-refractivity contribution in [3.05, 3.63) is 22.7 Å². The molecule has 7 heteroatoms. The first-order chi connectivity index (χ1) is 7.54. The molecule has 0 spiro atoms. The van der Waals surface area contributed by atoms with Crippen molar-refractivity contribution in [3.8, 4) is 0 Å². The number of rotatable bonds is 4. The van der Waals surface area contributed by atoms with Gasteiger partial charge in [-0.05, 0) is 13.0 Å². The lowest BCUT2D eigenvalue weighted by Crippen LogP contribution is -2.33. The molecule has 1 aromatic rings. The van der Waals surface area contributed by atoms with E-state index in [1.54, 1.807) is 6.92 Å². The van der Waals surface area contributed by atoms with Crippen LogP contribution in [0.15, 0.2) is 17.1 Å². The minimum absolute atomic E-state index is 0.0897. The number of aromatic nitrogens is 2. The molecule has 0 aliphatic rings. The number of carbonyl (C=O) groups excluding carboxylic acids is 1. The van der Waals surface area contributed by atoms with Crippen molar-refractivity contribution >= 4 is 11.8 Å². The van der Waals surface area contributed by atoms with Crippen LogP contribution in [0, 0.1) is 0 Å². The monoisotopic (exact) mass is 227 g/mol. The summed E-state index contributed by atoms with van der Waals surface area (Å²) in [6, 6.07) is 1.40. The second kappa shape index (κ2) is 5.26. The number of nitrogens with two attached hydrogens (primary N) is 1. The van der Waals surface area contributed by atoms with Gasteiger partial charge in [0, 0.05) is 6.20 Å². The van der Waals surface area contributed by atoms with Crippen LogP contribution in [0.25, 0.3) is 0 Å². The van der Waals surface area contributed by atoms with Gasteiger partial charge in [-0.3, -0.25) is 4.57 Å². The molecule has 0 unspecified atom stereocenters. The van der Waals surface area contributed by atoms with Crippen LogP contribution in [0.1, 0.15) is 6.92 Å². The Hall–Kier alpha value is -1.89. The summed E-state index contributed by atoms with van der Waals surface area (Å²) in [6.45, 7) is 1.59. The van der Waals surface area contributed by atoms with Crippen LogP contribution in [0.3, 0.4) is 0 Å². The average Bonchev–Trinajstić information content (AvgIpc) is 2.22. The normalized spacial score (nSPS) is 12.1. The van der Waals surface area contributed by atoms with Crippen molar-refractivity contribution in [2.45, 2.75) is 19.6 Å². The van der Waals surface area contributed by atoms with E-state index in [0.29, 0.717) is 0 Å². The Balaban J connectivity index is 2.73. The van der Waals surface area contributed by atoms with Crippen LogP contribution in [0.2, 0.25) is 0 Å². The Labute approximate surface area is 91.5 Å². The van der Waals surface area contributed by atoms with Crippen molar-refractivity contribution in [2.75, 3.05) is 12.3 Å². The summed E-state index contributed by atoms with van der Waals surface area (Å²) in [6.07, 6.45) is -0.0318. The van der Waals surface area contributed by atoms with Crippen LogP contribution in [-0.4, -0.2) is 33.3 Å². The van der Waals surface area contributed by atoms with E-state index in [9.17, 15) is 14.7 Å². The van der Waals surface area contributed by atoms with Crippen molar-refractivity contribution in [1.29, 1.82) is 0 Å². The molecule has 16 heavy (non-hydrogen) atoms. The molecule has 1 aromatic heterocycles. The largest absolute Gasteiger partial charge is 0.464 e. The third-order valence-electron chi connectivity index (χ3n) is 1.82. The highest BCUT2D eigenvalue weighted by atomic mass is 16.5. The van der Waals surface area contributed by atoms with Gasteiger partial charge in [-0.15, -0.1) is 0 Å². The minimum atomic E-state index is -1.39. The molecular formula is C9H13N3O4. The quantitative estimate of drug-likeness (QED) is 0.622. The number of esters is 1. The van der Waals surface area contributed by atoms with E-state index in [4.69, 9.17) is 5.73 Å². The number of anilines is 1. The lowest BCUT2D eigenvalue weighted by molar-refractivity contribution is -0.153. The Kier molecular flexibility index (Phi) is 4.01. The van der Waals surface area contributed by atoms with E-state index in [2.05, 4.69) is 9.72 Å². The molecule has 1 atom stereocenters. The van der Waals surface area contributed by atoms with Gasteiger partial charge in [0.05, 0.1) is 13.2 Å². The molecule has 0 bridgehead atoms. The van der Waals surface area contributed by atoms with E-state index in [1.165, 1.54) is 12.3 Å². The molecule has 3 N–H and O–H groups in total. The zero-order chi connectivity index (χ0) is 12.1. The fourth-order valence-corrected chi connectivity index (χ4v) is 1.08. The van der Waals surface area contributed by atoms with Gasteiger partial charge in [0.15, 0.2) is 6.10 Å². The van der Waals surface area contributed by atoms with Crippen molar-refractivity contribution in [2.24, 2.45) is 0 Å². The molecule has 0 aliphatic heterocycles. The maximum atomic E-state index is 11.3. The number of hydrogen-bond donors (Lipinski definition) is 2. The Bertz CT molecular complexity index is 429. The zero-order valence-corrected chi connectivity index (χ0v) is 8.79. The number of nitrogen functional groups attached to an aromatic ring is 1. The van der Waals surface area contributed by atoms with E-state index in [1.807, 2.05) is 0 Å². The molecule has 0 fully saturated rings. The van der Waals surface area contributed by atoms with Gasteiger partial charge in [0.2, 0.25) is 0 Å². The van der Waals surface area contributed by atoms with Crippen LogP contribution >= 0.6 is 0 Å². The molecule has 0 saturated carbocycles. The summed E-state index contributed by atoms with van der Waals surface area (Å²) in [4.78, 5) is 25.8. The average molecular weight is 227 g/mol. The van der Waals surface area contributed by atoms with Gasteiger partial charge in [-0.25, -0.2) is 9.59 Å². The zero-order valence-electron chi connectivity index (χ0n) is 8.79. The van der Waals surface area contributed by atoms with Gasteiger partial charge in [-0.1, -0.05) is 0 Å². The number of carbonyl (C=O) groups is 1. The second-order valence-electron chi connectivity index (χ2n) is 3.06. The predicted octanol–water partition coefficient (Wildman–Crippen LogP) is -1.25. The van der Waals surface area contributed by atoms with E-state index in [0.717, 1.165) is 4.57 Å². The molecule has 0 aromatic carbocycles. The SMILES string of the molecule is CCOC(=O)[C@H](O)Cn1ccc(N)nc1=O. The number of hydrogen-bond acceptors (Lipinski definition) is 6. The maximum Gasteiger partial charge on any atom is 0.349 e. The van der Waals surface area contributed by atoms with Gasteiger partial charge in [0.25, 0.3) is 0 Å². The third-order valence-corrected chi connectivity index (χ3v) is 1.82. The fourth-order valence-electron chi connectivity index (χ4n) is 1.08. The van der Waals surface area contributed by atoms with Gasteiger partial charge in [0.1, 0.15) is 5.82 Å². The Morgan fingerprint density at radius 2 is 2.44 bits per heavy atom. The standard InChI is InChI=1S/C9H13N3O4/c1-2-16-8(14)6(13)5-12-4-3-7(10)11-9(12)15/h3-4,6,13H,2,5H2,1H3,(H2,10,11,15)/t6-/m1/s1. The lowest BCUT2D eigenvalue weighted by atomic mass is 10.3. The van der Waals surface area contributed by atoms with Gasteiger partial charge < -0.3 is 15.6 Å². The first-order valence-electron chi connectivity index (χ1n) is 4.72. The molecule has 7 nitrogen and oxygen atoms in total.